The molecule has 0 saturated heterocycles. The van der Waals surface area contributed by atoms with Crippen LogP contribution in [0.2, 0.25) is 0 Å². The lowest BCUT2D eigenvalue weighted by Gasteiger charge is -2.20. The van der Waals surface area contributed by atoms with E-state index >= 15 is 0 Å². The Kier molecular flexibility index (Phi) is 6.01. The molecule has 2 rings (SSSR count). The molecular formula is C18H22N2O4. The van der Waals surface area contributed by atoms with Gasteiger partial charge >= 0.3 is 12.0 Å². The number of urea groups is 1. The maximum atomic E-state index is 11.9. The van der Waals surface area contributed by atoms with Gasteiger partial charge in [0.05, 0.1) is 12.5 Å². The van der Waals surface area contributed by atoms with Crippen molar-refractivity contribution in [2.45, 2.75) is 6.92 Å². The van der Waals surface area contributed by atoms with Gasteiger partial charge in [-0.3, -0.25) is 4.79 Å². The van der Waals surface area contributed by atoms with Gasteiger partial charge in [0, 0.05) is 13.6 Å². The van der Waals surface area contributed by atoms with Gasteiger partial charge < -0.3 is 20.1 Å². The van der Waals surface area contributed by atoms with Crippen LogP contribution in [0.5, 0.6) is 5.75 Å². The zero-order chi connectivity index (χ0) is 17.5. The summed E-state index contributed by atoms with van der Waals surface area (Å²) in [5, 5.41) is 13.8. The Morgan fingerprint density at radius 3 is 2.62 bits per heavy atom. The number of fused-ring (bicyclic) bond motifs is 1. The maximum absolute atomic E-state index is 11.9. The molecule has 2 amide bonds. The zero-order valence-electron chi connectivity index (χ0n) is 13.9. The molecule has 128 valence electrons. The third-order valence-electron chi connectivity index (χ3n) is 3.68. The fraction of sp³-hybridized carbons (Fsp3) is 0.333. The highest BCUT2D eigenvalue weighted by atomic mass is 16.5. The van der Waals surface area contributed by atoms with Gasteiger partial charge in [0.1, 0.15) is 12.4 Å². The third kappa shape index (κ3) is 4.87. The number of aliphatic carboxylic acids is 1. The topological polar surface area (TPSA) is 78.9 Å². The molecule has 0 saturated carbocycles. The van der Waals surface area contributed by atoms with E-state index in [9.17, 15) is 9.59 Å². The molecule has 0 spiro atoms. The van der Waals surface area contributed by atoms with E-state index < -0.39 is 11.9 Å². The molecule has 6 heteroatoms. The van der Waals surface area contributed by atoms with Crippen LogP contribution in [0.3, 0.4) is 0 Å². The highest BCUT2D eigenvalue weighted by Gasteiger charge is 2.16. The van der Waals surface area contributed by atoms with Crippen LogP contribution in [0.25, 0.3) is 10.8 Å². The lowest BCUT2D eigenvalue weighted by molar-refractivity contribution is -0.141. The minimum atomic E-state index is -0.922. The number of hydrogen-bond donors (Lipinski definition) is 2. The maximum Gasteiger partial charge on any atom is 0.317 e. The summed E-state index contributed by atoms with van der Waals surface area (Å²) in [6.45, 7) is 2.41. The number of carboxylic acid groups (broad SMARTS) is 1. The minimum absolute atomic E-state index is 0.159. The van der Waals surface area contributed by atoms with E-state index in [2.05, 4.69) is 5.32 Å². The van der Waals surface area contributed by atoms with Crippen LogP contribution < -0.4 is 10.1 Å². The van der Waals surface area contributed by atoms with E-state index in [1.807, 2.05) is 42.5 Å². The average molecular weight is 330 g/mol. The number of carbonyl (C=O) groups excluding carboxylic acids is 1. The van der Waals surface area contributed by atoms with Crippen molar-refractivity contribution in [1.29, 1.82) is 0 Å². The van der Waals surface area contributed by atoms with Crippen molar-refractivity contribution in [3.63, 3.8) is 0 Å². The summed E-state index contributed by atoms with van der Waals surface area (Å²) >= 11 is 0. The zero-order valence-corrected chi connectivity index (χ0v) is 13.9. The number of carbonyl (C=O) groups is 2. The molecule has 0 aliphatic carbocycles. The first-order valence-corrected chi connectivity index (χ1v) is 7.80. The second kappa shape index (κ2) is 8.19. The molecule has 0 radical (unpaired) electrons. The van der Waals surface area contributed by atoms with Crippen molar-refractivity contribution in [1.82, 2.24) is 10.2 Å². The normalized spacial score (nSPS) is 11.8. The highest BCUT2D eigenvalue weighted by molar-refractivity contribution is 5.83. The van der Waals surface area contributed by atoms with E-state index in [-0.39, 0.29) is 12.6 Å². The molecule has 0 fully saturated rings. The Morgan fingerprint density at radius 1 is 1.21 bits per heavy atom. The van der Waals surface area contributed by atoms with E-state index in [0.717, 1.165) is 16.5 Å². The molecular weight excluding hydrogens is 308 g/mol. The van der Waals surface area contributed by atoms with Crippen LogP contribution in [-0.2, 0) is 4.79 Å². The fourth-order valence-corrected chi connectivity index (χ4v) is 2.29. The summed E-state index contributed by atoms with van der Waals surface area (Å²) < 4.78 is 5.64. The van der Waals surface area contributed by atoms with Gasteiger partial charge in [-0.25, -0.2) is 4.79 Å². The van der Waals surface area contributed by atoms with Gasteiger partial charge in [-0.15, -0.1) is 0 Å². The largest absolute Gasteiger partial charge is 0.492 e. The highest BCUT2D eigenvalue weighted by Crippen LogP contribution is 2.20. The smallest absolute Gasteiger partial charge is 0.317 e. The van der Waals surface area contributed by atoms with Crippen LogP contribution in [0.4, 0.5) is 4.79 Å². The molecule has 0 aromatic heterocycles. The Labute approximate surface area is 141 Å². The average Bonchev–Trinajstić information content (AvgIpc) is 2.58. The summed E-state index contributed by atoms with van der Waals surface area (Å²) in [5.74, 6) is -0.778. The SMILES string of the molecule is CC(CN(C)C(=O)NCCOc1ccc2ccccc2c1)C(=O)O. The summed E-state index contributed by atoms with van der Waals surface area (Å²) in [6.07, 6.45) is 0. The minimum Gasteiger partial charge on any atom is -0.492 e. The molecule has 24 heavy (non-hydrogen) atoms. The van der Waals surface area contributed by atoms with Crippen molar-refractivity contribution in [2.24, 2.45) is 5.92 Å². The number of carboxylic acids is 1. The van der Waals surface area contributed by atoms with Crippen molar-refractivity contribution < 1.29 is 19.4 Å². The number of benzene rings is 2. The van der Waals surface area contributed by atoms with Gasteiger partial charge in [0.25, 0.3) is 0 Å². The lowest BCUT2D eigenvalue weighted by Crippen LogP contribution is -2.42. The first-order chi connectivity index (χ1) is 11.5. The third-order valence-corrected chi connectivity index (χ3v) is 3.68. The monoisotopic (exact) mass is 330 g/mol. The predicted molar refractivity (Wildman–Crippen MR) is 92.3 cm³/mol. The first-order valence-electron chi connectivity index (χ1n) is 7.80. The van der Waals surface area contributed by atoms with Gasteiger partial charge in [-0.05, 0) is 22.9 Å². The molecule has 0 aliphatic heterocycles. The number of ether oxygens (including phenoxy) is 1. The second-order valence-electron chi connectivity index (χ2n) is 5.71. The molecule has 0 aliphatic rings. The Bertz CT molecular complexity index is 717. The number of nitrogens with zero attached hydrogens (tertiary/aromatic N) is 1. The van der Waals surface area contributed by atoms with E-state index in [0.29, 0.717) is 13.2 Å². The Balaban J connectivity index is 1.75. The fourth-order valence-electron chi connectivity index (χ4n) is 2.29. The van der Waals surface area contributed by atoms with Gasteiger partial charge in [0.15, 0.2) is 0 Å². The predicted octanol–water partition coefficient (Wildman–Crippen LogP) is 2.58. The Hall–Kier alpha value is -2.76. The molecule has 6 nitrogen and oxygen atoms in total. The second-order valence-corrected chi connectivity index (χ2v) is 5.71. The van der Waals surface area contributed by atoms with Crippen molar-refractivity contribution in [3.8, 4) is 5.75 Å². The summed E-state index contributed by atoms with van der Waals surface area (Å²) in [4.78, 5) is 24.0. The van der Waals surface area contributed by atoms with E-state index in [4.69, 9.17) is 9.84 Å². The molecule has 1 atom stereocenters. The number of hydrogen-bond acceptors (Lipinski definition) is 3. The van der Waals surface area contributed by atoms with Crippen LogP contribution in [0.15, 0.2) is 42.5 Å². The van der Waals surface area contributed by atoms with Gasteiger partial charge in [-0.1, -0.05) is 37.3 Å². The summed E-state index contributed by atoms with van der Waals surface area (Å²) in [7, 11) is 1.57. The van der Waals surface area contributed by atoms with Gasteiger partial charge in [0.2, 0.25) is 0 Å². The van der Waals surface area contributed by atoms with E-state index in [1.165, 1.54) is 4.90 Å². The van der Waals surface area contributed by atoms with Crippen LogP contribution >= 0.6 is 0 Å². The van der Waals surface area contributed by atoms with Crippen molar-refractivity contribution in [3.05, 3.63) is 42.5 Å². The number of amides is 2. The number of nitrogens with one attached hydrogen (secondary N) is 1. The molecule has 0 bridgehead atoms. The van der Waals surface area contributed by atoms with Crippen LogP contribution in [0, 0.1) is 5.92 Å². The quantitative estimate of drug-likeness (QED) is 0.765. The van der Waals surface area contributed by atoms with Crippen LogP contribution in [0.1, 0.15) is 6.92 Å². The Morgan fingerprint density at radius 2 is 1.92 bits per heavy atom. The molecule has 2 N–H and O–H groups in total. The van der Waals surface area contributed by atoms with Crippen molar-refractivity contribution in [2.75, 3.05) is 26.7 Å². The molecule has 2 aromatic carbocycles. The first kappa shape index (κ1) is 17.6. The van der Waals surface area contributed by atoms with Crippen LogP contribution in [-0.4, -0.2) is 48.8 Å². The summed E-state index contributed by atoms with van der Waals surface area (Å²) in [6, 6.07) is 13.5. The summed E-state index contributed by atoms with van der Waals surface area (Å²) in [5.41, 5.74) is 0. The molecule has 0 heterocycles. The van der Waals surface area contributed by atoms with E-state index in [1.54, 1.807) is 14.0 Å². The molecule has 2 aromatic rings. The standard InChI is InChI=1S/C18H22N2O4/c1-13(17(21)22)12-20(2)18(23)19-9-10-24-16-8-7-14-5-3-4-6-15(14)11-16/h3-8,11,13H,9-10,12H2,1-2H3,(H,19,23)(H,21,22). The van der Waals surface area contributed by atoms with Gasteiger partial charge in [-0.2, -0.15) is 0 Å². The lowest BCUT2D eigenvalue weighted by atomic mass is 10.1. The van der Waals surface area contributed by atoms with Crippen molar-refractivity contribution >= 4 is 22.8 Å². The molecule has 1 unspecified atom stereocenters. The number of rotatable bonds is 7.